The Balaban J connectivity index is 0.768. The molecule has 14 aromatic rings. The molecule has 0 atom stereocenters. The fourth-order valence-corrected chi connectivity index (χ4v) is 11.8. The number of aromatic nitrogens is 12. The van der Waals surface area contributed by atoms with Gasteiger partial charge in [-0.3, -0.25) is 0 Å². The Morgan fingerprint density at radius 3 is 0.612 bits per heavy atom. The van der Waals surface area contributed by atoms with E-state index in [0.29, 0.717) is 22.3 Å². The molecule has 32 heteroatoms. The Kier molecular flexibility index (Phi) is 21.0. The van der Waals surface area contributed by atoms with Crippen LogP contribution in [0.1, 0.15) is 85.9 Å². The van der Waals surface area contributed by atoms with Crippen molar-refractivity contribution in [2.24, 2.45) is 0 Å². The van der Waals surface area contributed by atoms with Crippen LogP contribution in [0.15, 0.2) is 243 Å². The molecule has 0 saturated carbocycles. The van der Waals surface area contributed by atoms with Gasteiger partial charge in [0.25, 0.3) is 0 Å². The van der Waals surface area contributed by atoms with Crippen molar-refractivity contribution in [3.8, 4) is 94.1 Å². The minimum Gasteiger partial charge on any atom is -0.457 e. The van der Waals surface area contributed by atoms with E-state index in [9.17, 15) is 19.2 Å². The molecule has 0 saturated heterocycles. The molecule has 4 aliphatic rings. The summed E-state index contributed by atoms with van der Waals surface area (Å²) in [5.74, 6) is -3.39. The molecule has 0 aliphatic carbocycles. The molecule has 18 rings (SSSR count). The van der Waals surface area contributed by atoms with Crippen LogP contribution in [0.2, 0.25) is 0 Å². The zero-order valence-corrected chi connectivity index (χ0v) is 60.6. The average Bonchev–Trinajstić information content (AvgIpc) is 0.809. The molecule has 4 aliphatic heterocycles. The lowest BCUT2D eigenvalue weighted by atomic mass is 10.1. The van der Waals surface area contributed by atoms with Gasteiger partial charge in [0.1, 0.15) is 72.4 Å². The van der Waals surface area contributed by atoms with Crippen molar-refractivity contribution >= 4 is 47.7 Å². The van der Waals surface area contributed by atoms with E-state index in [1.165, 1.54) is 72.8 Å². The van der Waals surface area contributed by atoms with Gasteiger partial charge in [0.05, 0.1) is 22.3 Å². The minimum atomic E-state index is -0.748. The maximum atomic E-state index is 14.1. The van der Waals surface area contributed by atoms with Crippen LogP contribution in [0.5, 0.6) is 94.1 Å². The van der Waals surface area contributed by atoms with E-state index in [0.717, 1.165) is 22.3 Å². The smallest absolute Gasteiger partial charge is 0.338 e. The highest BCUT2D eigenvalue weighted by Gasteiger charge is 2.25. The van der Waals surface area contributed by atoms with Crippen molar-refractivity contribution in [3.63, 3.8) is 0 Å². The SMILES string of the molecule is O=C(OCc1ccccc1)c1cc2cc(c1)Oc1nc3nc(n1)Oc1cc(cc(C(=O)OCc4ccccc4)c1)Oc1nc(nc(n1)O2)NCc1cccc(c1)CNc1nc2nc(n1)Oc1cc(cc(C(=O)OCc4ccccc4)c1)Oc1nc(nc(n1)Oc1cc(cc(C(=O)OCc4ccccc4)c1)O2)NCc1cccc(c1)CN3. The highest BCUT2D eigenvalue weighted by molar-refractivity contribution is 5.92. The number of hydrogen-bond acceptors (Lipinski definition) is 32. The van der Waals surface area contributed by atoms with Gasteiger partial charge in [0.15, 0.2) is 0 Å². The minimum absolute atomic E-state index is 0.0137. The molecule has 24 bridgehead atoms. The zero-order chi connectivity index (χ0) is 78.5. The zero-order valence-electron chi connectivity index (χ0n) is 60.6. The molecule has 8 heterocycles. The quantitative estimate of drug-likeness (QED) is 0.0652. The second kappa shape index (κ2) is 33.5. The summed E-state index contributed by atoms with van der Waals surface area (Å²) < 4.78 is 74.8. The number of rotatable bonds is 12. The van der Waals surface area contributed by atoms with Crippen molar-refractivity contribution in [2.75, 3.05) is 21.3 Å². The fourth-order valence-electron chi connectivity index (χ4n) is 11.8. The van der Waals surface area contributed by atoms with Crippen LogP contribution in [0.3, 0.4) is 0 Å². The first-order valence-electron chi connectivity index (χ1n) is 35.9. The Hall–Kier alpha value is -16.3. The van der Waals surface area contributed by atoms with E-state index in [4.69, 9.17) is 56.8 Å². The van der Waals surface area contributed by atoms with Crippen LogP contribution in [0.25, 0.3) is 0 Å². The van der Waals surface area contributed by atoms with Gasteiger partial charge in [-0.1, -0.05) is 170 Å². The molecule has 32 nitrogen and oxygen atoms in total. The maximum absolute atomic E-state index is 14.1. The van der Waals surface area contributed by atoms with Gasteiger partial charge >= 0.3 is 72.0 Å². The van der Waals surface area contributed by atoms with Crippen molar-refractivity contribution < 1.29 is 76.0 Å². The van der Waals surface area contributed by atoms with Crippen LogP contribution in [0.4, 0.5) is 23.8 Å². The van der Waals surface area contributed by atoms with Crippen molar-refractivity contribution in [2.45, 2.75) is 52.6 Å². The summed E-state index contributed by atoms with van der Waals surface area (Å²) in [7, 11) is 0. The van der Waals surface area contributed by atoms with Crippen LogP contribution in [0, 0.1) is 0 Å². The molecular weight excluding hydrogens is 1490 g/mol. The number of nitrogens with zero attached hydrogens (tertiary/aromatic N) is 12. The molecule has 4 N–H and O–H groups in total. The van der Waals surface area contributed by atoms with Gasteiger partial charge in [0, 0.05) is 50.4 Å². The molecule has 4 aromatic heterocycles. The predicted molar refractivity (Wildman–Crippen MR) is 410 cm³/mol. The number of nitrogens with one attached hydrogen (secondary N) is 4. The number of anilines is 4. The second-order valence-electron chi connectivity index (χ2n) is 25.8. The van der Waals surface area contributed by atoms with E-state index in [1.807, 2.05) is 170 Å². The average molecular weight is 1550 g/mol. The first kappa shape index (κ1) is 72.6. The first-order chi connectivity index (χ1) is 56.8. The van der Waals surface area contributed by atoms with Gasteiger partial charge < -0.3 is 78.1 Å². The molecule has 0 radical (unpaired) electrons. The number of hydrogen-bond donors (Lipinski definition) is 4. The third-order valence-electron chi connectivity index (χ3n) is 17.1. The monoisotopic (exact) mass is 1550 g/mol. The van der Waals surface area contributed by atoms with Gasteiger partial charge in [-0.2, -0.15) is 39.9 Å². The summed E-state index contributed by atoms with van der Waals surface area (Å²) in [5, 5.41) is 13.0. The molecule has 0 fully saturated rings. The summed E-state index contributed by atoms with van der Waals surface area (Å²) in [5.41, 5.74) is 5.72. The summed E-state index contributed by atoms with van der Waals surface area (Å²) in [6, 6.07) is 65.8. The molecule has 10 aromatic carbocycles. The summed E-state index contributed by atoms with van der Waals surface area (Å²) in [6.45, 7) is 0.0380. The van der Waals surface area contributed by atoms with E-state index in [-0.39, 0.29) is 193 Å². The number of benzene rings is 10. The van der Waals surface area contributed by atoms with Gasteiger partial charge in [0.2, 0.25) is 23.8 Å². The van der Waals surface area contributed by atoms with Gasteiger partial charge in [-0.05, 0) is 93.0 Å². The van der Waals surface area contributed by atoms with Gasteiger partial charge in [-0.25, -0.2) is 19.2 Å². The Bertz CT molecular complexity index is 5140. The summed E-state index contributed by atoms with van der Waals surface area (Å²) >= 11 is 0. The van der Waals surface area contributed by atoms with E-state index < -0.39 is 23.9 Å². The van der Waals surface area contributed by atoms with Crippen LogP contribution < -0.4 is 59.2 Å². The van der Waals surface area contributed by atoms with E-state index in [1.54, 1.807) is 0 Å². The van der Waals surface area contributed by atoms with Crippen LogP contribution >= 0.6 is 0 Å². The standard InChI is InChI=1S/C84H60N16O16/c101-69(105-45-49-15-5-1-6-16-49)57-29-61-37-62(30-57)110-78-90-74-86-42-54-24-14-26-56(28-54)44-88-76-94-82-100-84(96-76)116-68-36-60(72(104)108-48-52-21-11-4-12-22-52)35-67(40-68)115-83-95-75(93-81(99-83)113-65-33-59(34-66(39-65)114-82)71(103)107-47-51-19-9-3-10-20-51)87-43-55-25-13-23-53(27-55)41-85-73-89-77(109-61)97-79(91-73)111-63-31-58(32-64(38-63)112-80(92-74)98-78)70(102)106-46-50-17-7-2-8-18-50/h1-40H,41-48H2,(H,85,89,91,97)(H,86,90,92,98)(H,87,93,95,99)(H,88,94,96,100). The van der Waals surface area contributed by atoms with Crippen molar-refractivity contribution in [1.82, 2.24) is 59.8 Å². The third-order valence-corrected chi connectivity index (χ3v) is 17.1. The third kappa shape index (κ3) is 18.9. The number of esters is 4. The van der Waals surface area contributed by atoms with E-state index in [2.05, 4.69) is 81.1 Å². The normalized spacial score (nSPS) is 12.4. The van der Waals surface area contributed by atoms with E-state index >= 15 is 0 Å². The topological polar surface area (TPSA) is 382 Å². The molecular formula is C84H60N16O16. The van der Waals surface area contributed by atoms with Gasteiger partial charge in [-0.15, -0.1) is 19.9 Å². The Morgan fingerprint density at radius 1 is 0.233 bits per heavy atom. The fraction of sp³-hybridized carbons (Fsp3) is 0.0952. The number of ether oxygens (including phenoxy) is 12. The van der Waals surface area contributed by atoms with Crippen LogP contribution in [-0.4, -0.2) is 83.7 Å². The predicted octanol–water partition coefficient (Wildman–Crippen LogP) is 15.6. The molecule has 572 valence electrons. The first-order valence-corrected chi connectivity index (χ1v) is 35.9. The summed E-state index contributed by atoms with van der Waals surface area (Å²) in [6.07, 6.45) is 0. The van der Waals surface area contributed by atoms with Crippen molar-refractivity contribution in [3.05, 3.63) is 309 Å². The molecule has 0 spiro atoms. The number of fused-ring (bicyclic) bond motifs is 4. The lowest BCUT2D eigenvalue weighted by Crippen LogP contribution is -2.10. The van der Waals surface area contributed by atoms with Crippen LogP contribution in [-0.2, 0) is 71.6 Å². The highest BCUT2D eigenvalue weighted by atomic mass is 16.6. The number of carbonyl (C=O) groups excluding carboxylic acids is 4. The molecule has 0 unspecified atom stereocenters. The highest BCUT2D eigenvalue weighted by Crippen LogP contribution is 2.38. The Morgan fingerprint density at radius 2 is 0.422 bits per heavy atom. The van der Waals surface area contributed by atoms with Crippen molar-refractivity contribution in [1.29, 1.82) is 0 Å². The maximum Gasteiger partial charge on any atom is 0.338 e. The largest absolute Gasteiger partial charge is 0.457 e. The Labute approximate surface area is 657 Å². The number of carbonyl (C=O) groups is 4. The lowest BCUT2D eigenvalue weighted by molar-refractivity contribution is 0.0463. The summed E-state index contributed by atoms with van der Waals surface area (Å²) in [4.78, 5) is 112. The lowest BCUT2D eigenvalue weighted by Gasteiger charge is -2.15. The second-order valence-corrected chi connectivity index (χ2v) is 25.8. The molecule has 0 amide bonds. The molecule has 116 heavy (non-hydrogen) atoms.